The first-order valence-corrected chi connectivity index (χ1v) is 13.9. The highest BCUT2D eigenvalue weighted by Crippen LogP contribution is 2.43. The van der Waals surface area contributed by atoms with Crippen LogP contribution in [0.4, 0.5) is 24.5 Å². The number of fused-ring (bicyclic) bond motifs is 1. The number of anilines is 2. The number of carboxylic acid groups (broad SMARTS) is 1. The number of nitriles is 1. The van der Waals surface area contributed by atoms with Crippen molar-refractivity contribution in [3.8, 4) is 17.2 Å². The molecule has 0 unspecified atom stereocenters. The Kier molecular flexibility index (Phi) is 9.04. The number of aromatic nitrogens is 1. The second-order valence-electron chi connectivity index (χ2n) is 9.82. The van der Waals surface area contributed by atoms with E-state index in [1.54, 1.807) is 19.4 Å². The van der Waals surface area contributed by atoms with Gasteiger partial charge in [0, 0.05) is 38.1 Å². The lowest BCUT2D eigenvalue weighted by Crippen LogP contribution is -2.41. The first kappa shape index (κ1) is 30.5. The van der Waals surface area contributed by atoms with E-state index in [0.29, 0.717) is 10.7 Å². The number of carbonyl (C=O) groups is 1. The topological polar surface area (TPSA) is 118 Å². The van der Waals surface area contributed by atoms with Gasteiger partial charge in [0.05, 0.1) is 33.6 Å². The average molecular weight is 588 g/mol. The zero-order valence-electron chi connectivity index (χ0n) is 21.7. The molecule has 0 saturated carbocycles. The van der Waals surface area contributed by atoms with Crippen LogP contribution in [0.3, 0.4) is 0 Å². The molecule has 4 rings (SSSR count). The van der Waals surface area contributed by atoms with Gasteiger partial charge >= 0.3 is 12.1 Å². The number of rotatable bonds is 5. The van der Waals surface area contributed by atoms with E-state index in [2.05, 4.69) is 20.9 Å². The quantitative estimate of drug-likeness (QED) is 0.548. The fourth-order valence-corrected chi connectivity index (χ4v) is 6.17. The first-order chi connectivity index (χ1) is 18.1. The van der Waals surface area contributed by atoms with Crippen LogP contribution in [0.25, 0.3) is 11.1 Å². The van der Waals surface area contributed by atoms with Gasteiger partial charge in [0.1, 0.15) is 0 Å². The maximum absolute atomic E-state index is 12.3. The molecular weight excluding hydrogens is 559 g/mol. The monoisotopic (exact) mass is 587 g/mol. The molecule has 0 bridgehead atoms. The van der Waals surface area contributed by atoms with Crippen LogP contribution in [0.5, 0.6) is 0 Å². The van der Waals surface area contributed by atoms with Crippen molar-refractivity contribution >= 4 is 39.0 Å². The van der Waals surface area contributed by atoms with Gasteiger partial charge in [-0.1, -0.05) is 17.7 Å². The van der Waals surface area contributed by atoms with Crippen molar-refractivity contribution in [2.24, 2.45) is 5.41 Å². The summed E-state index contributed by atoms with van der Waals surface area (Å²) in [7, 11) is 2.34. The van der Waals surface area contributed by atoms with Crippen LogP contribution in [0, 0.1) is 16.7 Å². The number of pyridine rings is 1. The zero-order valence-corrected chi connectivity index (χ0v) is 23.2. The van der Waals surface area contributed by atoms with E-state index < -0.39 is 22.2 Å². The fourth-order valence-electron chi connectivity index (χ4n) is 4.59. The van der Waals surface area contributed by atoms with E-state index in [1.807, 2.05) is 32.3 Å². The molecule has 1 aromatic heterocycles. The van der Waals surface area contributed by atoms with Crippen LogP contribution in [0.2, 0.25) is 5.02 Å². The molecule has 1 saturated heterocycles. The SMILES string of the molecule is CN(C)CCC1(C#N)CCN(c2c(Cl)cncc2-c2ccc3c(c2)CS(=O)(=O)N3C)CC1.O=C(O)C(F)(F)F. The largest absolute Gasteiger partial charge is 0.490 e. The number of hydrogen-bond donors (Lipinski definition) is 1. The summed E-state index contributed by atoms with van der Waals surface area (Å²) in [5, 5.41) is 17.6. The summed E-state index contributed by atoms with van der Waals surface area (Å²) in [6.45, 7) is 2.36. The Bertz CT molecular complexity index is 1370. The molecule has 2 aromatic rings. The Labute approximate surface area is 230 Å². The van der Waals surface area contributed by atoms with Crippen LogP contribution in [0.15, 0.2) is 30.6 Å². The van der Waals surface area contributed by atoms with Gasteiger partial charge in [-0.05, 0) is 63.2 Å². The number of sulfonamides is 1. The summed E-state index contributed by atoms with van der Waals surface area (Å²) in [5.41, 5.74) is 3.85. The fraction of sp³-hybridized carbons (Fsp3) is 0.480. The number of benzene rings is 1. The molecule has 0 atom stereocenters. The number of alkyl halides is 3. The van der Waals surface area contributed by atoms with Gasteiger partial charge in [-0.25, -0.2) is 13.2 Å². The molecule has 212 valence electrons. The third-order valence-electron chi connectivity index (χ3n) is 6.91. The zero-order chi connectivity index (χ0) is 29.2. The smallest absolute Gasteiger partial charge is 0.475 e. The van der Waals surface area contributed by atoms with Crippen LogP contribution < -0.4 is 9.21 Å². The summed E-state index contributed by atoms with van der Waals surface area (Å²) in [6, 6.07) is 8.28. The molecule has 2 aliphatic heterocycles. The van der Waals surface area contributed by atoms with Crippen molar-refractivity contribution in [1.29, 1.82) is 5.26 Å². The van der Waals surface area contributed by atoms with E-state index in [0.717, 1.165) is 61.3 Å². The number of hydrogen-bond acceptors (Lipinski definition) is 7. The highest BCUT2D eigenvalue weighted by Gasteiger charge is 2.38. The second kappa shape index (κ2) is 11.6. The number of aliphatic carboxylic acids is 1. The summed E-state index contributed by atoms with van der Waals surface area (Å²) in [6.07, 6.45) is 0.762. The molecular formula is C25H29ClF3N5O4S. The summed E-state index contributed by atoms with van der Waals surface area (Å²) >= 11 is 6.63. The lowest BCUT2D eigenvalue weighted by Gasteiger charge is -2.40. The summed E-state index contributed by atoms with van der Waals surface area (Å²) in [5.74, 6) is -2.76. The molecule has 1 fully saturated rings. The standard InChI is InChI=1S/C23H28ClN5O2S.C2HF3O2/c1-27(2)9-6-23(16-25)7-10-29(11-8-23)22-19(13-26-14-20(22)24)17-4-5-21-18(12-17)15-32(30,31)28(21)3;3-2(4,5)1(6)7/h4-5,12-14H,6-11,15H2,1-3H3;(H,6,7). The number of halogens is 4. The van der Waals surface area contributed by atoms with Crippen molar-refractivity contribution in [2.75, 3.05) is 50.0 Å². The average Bonchev–Trinajstić information content (AvgIpc) is 3.10. The van der Waals surface area contributed by atoms with Gasteiger partial charge in [-0.3, -0.25) is 9.29 Å². The third-order valence-corrected chi connectivity index (χ3v) is 8.90. The maximum atomic E-state index is 12.3. The van der Waals surface area contributed by atoms with Gasteiger partial charge in [-0.2, -0.15) is 18.4 Å². The molecule has 3 heterocycles. The number of nitrogens with zero attached hydrogens (tertiary/aromatic N) is 5. The van der Waals surface area contributed by atoms with Crippen molar-refractivity contribution in [3.05, 3.63) is 41.2 Å². The van der Waals surface area contributed by atoms with Gasteiger partial charge < -0.3 is 14.9 Å². The molecule has 1 N–H and O–H groups in total. The number of piperidine rings is 1. The van der Waals surface area contributed by atoms with Crippen molar-refractivity contribution < 1.29 is 31.5 Å². The Morgan fingerprint density at radius 3 is 2.41 bits per heavy atom. The Morgan fingerprint density at radius 1 is 1.26 bits per heavy atom. The van der Waals surface area contributed by atoms with Crippen molar-refractivity contribution in [1.82, 2.24) is 9.88 Å². The lowest BCUT2D eigenvalue weighted by atomic mass is 9.76. The van der Waals surface area contributed by atoms with Gasteiger partial charge in [0.2, 0.25) is 10.0 Å². The molecule has 0 aliphatic carbocycles. The normalized spacial score (nSPS) is 17.7. The predicted molar refractivity (Wildman–Crippen MR) is 142 cm³/mol. The minimum absolute atomic E-state index is 0.00369. The van der Waals surface area contributed by atoms with E-state index in [1.165, 1.54) is 4.31 Å². The Balaban J connectivity index is 0.000000532. The second-order valence-corrected chi connectivity index (χ2v) is 12.2. The van der Waals surface area contributed by atoms with Crippen molar-refractivity contribution in [2.45, 2.75) is 31.2 Å². The molecule has 0 amide bonds. The Morgan fingerprint density at radius 2 is 1.87 bits per heavy atom. The molecule has 0 radical (unpaired) electrons. The molecule has 39 heavy (non-hydrogen) atoms. The Hall–Kier alpha value is -3.08. The molecule has 0 spiro atoms. The van der Waals surface area contributed by atoms with E-state index in [9.17, 15) is 26.9 Å². The van der Waals surface area contributed by atoms with Crippen LogP contribution in [0.1, 0.15) is 24.8 Å². The van der Waals surface area contributed by atoms with E-state index >= 15 is 0 Å². The molecule has 2 aliphatic rings. The van der Waals surface area contributed by atoms with E-state index in [4.69, 9.17) is 21.5 Å². The van der Waals surface area contributed by atoms with Gasteiger partial charge in [0.15, 0.2) is 0 Å². The molecule has 14 heteroatoms. The maximum Gasteiger partial charge on any atom is 0.490 e. The molecule has 1 aromatic carbocycles. The minimum atomic E-state index is -5.08. The summed E-state index contributed by atoms with van der Waals surface area (Å²) < 4.78 is 57.6. The predicted octanol–water partition coefficient (Wildman–Crippen LogP) is 4.38. The highest BCUT2D eigenvalue weighted by atomic mass is 35.5. The van der Waals surface area contributed by atoms with Crippen molar-refractivity contribution in [3.63, 3.8) is 0 Å². The third kappa shape index (κ3) is 6.93. The minimum Gasteiger partial charge on any atom is -0.475 e. The molecule has 9 nitrogen and oxygen atoms in total. The van der Waals surface area contributed by atoms with Gasteiger partial charge in [0.25, 0.3) is 0 Å². The highest BCUT2D eigenvalue weighted by molar-refractivity contribution is 7.92. The summed E-state index contributed by atoms with van der Waals surface area (Å²) in [4.78, 5) is 17.6. The van der Waals surface area contributed by atoms with Crippen LogP contribution >= 0.6 is 11.6 Å². The lowest BCUT2D eigenvalue weighted by molar-refractivity contribution is -0.192. The van der Waals surface area contributed by atoms with E-state index in [-0.39, 0.29) is 11.2 Å². The van der Waals surface area contributed by atoms with Crippen LogP contribution in [-0.4, -0.2) is 76.3 Å². The first-order valence-electron chi connectivity index (χ1n) is 11.9. The number of carboxylic acids is 1. The van der Waals surface area contributed by atoms with Gasteiger partial charge in [-0.15, -0.1) is 0 Å². The van der Waals surface area contributed by atoms with Crippen LogP contribution in [-0.2, 0) is 20.6 Å².